The van der Waals surface area contributed by atoms with E-state index in [1.807, 2.05) is 30.3 Å². The van der Waals surface area contributed by atoms with Gasteiger partial charge in [-0.05, 0) is 23.8 Å². The molecule has 0 aliphatic rings. The number of hydrogen-bond donors (Lipinski definition) is 1. The standard InChI is InChI=1S/C27H22Cl2N8O4/c1-41-26(39)15-35-13-19(12-31-35)32-27(40)23(9-17-5-3-2-4-6-17)36-16-30-21(11-25(36)38)20-10-18(28)7-8-22(20)37-14-24(29)33-34-37/h2-8,10-14,16,23H,9,15H2,1H3,(H,32,40)/t23-/m0/s1. The number of esters is 1. The SMILES string of the molecule is COC(=O)Cn1cc(NC(=O)[C@H](Cc2ccccc2)n2cnc(-c3cc(Cl)ccc3-n3cc(Cl)nn3)cc2=O)cn1. The zero-order valence-electron chi connectivity index (χ0n) is 21.5. The Morgan fingerprint density at radius 3 is 2.59 bits per heavy atom. The molecular weight excluding hydrogens is 571 g/mol. The van der Waals surface area contributed by atoms with Gasteiger partial charge in [-0.2, -0.15) is 5.10 Å². The number of hydrogen-bond acceptors (Lipinski definition) is 8. The van der Waals surface area contributed by atoms with Crippen LogP contribution in [-0.4, -0.2) is 53.3 Å². The van der Waals surface area contributed by atoms with E-state index >= 15 is 0 Å². The molecule has 1 amide bonds. The summed E-state index contributed by atoms with van der Waals surface area (Å²) in [5.41, 5.74) is 2.12. The molecule has 1 N–H and O–H groups in total. The lowest BCUT2D eigenvalue weighted by Crippen LogP contribution is -2.34. The van der Waals surface area contributed by atoms with Gasteiger partial charge in [0.1, 0.15) is 12.6 Å². The van der Waals surface area contributed by atoms with E-state index in [0.29, 0.717) is 27.7 Å². The maximum atomic E-state index is 13.5. The lowest BCUT2D eigenvalue weighted by atomic mass is 10.0. The third-order valence-electron chi connectivity index (χ3n) is 6.11. The molecule has 3 aromatic heterocycles. The average molecular weight is 593 g/mol. The molecule has 0 fully saturated rings. The van der Waals surface area contributed by atoms with Crippen molar-refractivity contribution in [1.82, 2.24) is 34.3 Å². The molecule has 0 spiro atoms. The lowest BCUT2D eigenvalue weighted by Gasteiger charge is -2.19. The first-order valence-electron chi connectivity index (χ1n) is 12.2. The number of methoxy groups -OCH3 is 1. The summed E-state index contributed by atoms with van der Waals surface area (Å²) in [6, 6.07) is 14.7. The summed E-state index contributed by atoms with van der Waals surface area (Å²) >= 11 is 12.2. The zero-order chi connectivity index (χ0) is 28.9. The summed E-state index contributed by atoms with van der Waals surface area (Å²) in [6.45, 7) is -0.114. The van der Waals surface area contributed by atoms with Crippen LogP contribution in [0.1, 0.15) is 11.6 Å². The van der Waals surface area contributed by atoms with Gasteiger partial charge in [0, 0.05) is 29.3 Å². The van der Waals surface area contributed by atoms with Gasteiger partial charge in [0.15, 0.2) is 5.15 Å². The van der Waals surface area contributed by atoms with Crippen molar-refractivity contribution >= 4 is 40.8 Å². The molecule has 0 bridgehead atoms. The van der Waals surface area contributed by atoms with Crippen LogP contribution in [0.3, 0.4) is 0 Å². The number of benzene rings is 2. The Balaban J connectivity index is 1.48. The number of halogens is 2. The van der Waals surface area contributed by atoms with Gasteiger partial charge in [0.05, 0.1) is 42.9 Å². The Bertz CT molecular complexity index is 1770. The van der Waals surface area contributed by atoms with E-state index in [1.165, 1.54) is 52.0 Å². The predicted octanol–water partition coefficient (Wildman–Crippen LogP) is 3.59. The molecule has 0 aliphatic carbocycles. The highest BCUT2D eigenvalue weighted by atomic mass is 35.5. The van der Waals surface area contributed by atoms with E-state index in [1.54, 1.807) is 18.2 Å². The summed E-state index contributed by atoms with van der Waals surface area (Å²) in [7, 11) is 1.27. The number of carbonyl (C=O) groups excluding carboxylic acids is 2. The third-order valence-corrected chi connectivity index (χ3v) is 6.52. The van der Waals surface area contributed by atoms with Gasteiger partial charge in [0.25, 0.3) is 5.56 Å². The minimum Gasteiger partial charge on any atom is -0.468 e. The van der Waals surface area contributed by atoms with Crippen molar-refractivity contribution in [2.24, 2.45) is 0 Å². The highest BCUT2D eigenvalue weighted by Crippen LogP contribution is 2.28. The smallest absolute Gasteiger partial charge is 0.327 e. The number of nitrogens with zero attached hydrogens (tertiary/aromatic N) is 7. The van der Waals surface area contributed by atoms with Gasteiger partial charge >= 0.3 is 5.97 Å². The van der Waals surface area contributed by atoms with Gasteiger partial charge in [-0.3, -0.25) is 23.6 Å². The normalized spacial score (nSPS) is 11.7. The van der Waals surface area contributed by atoms with E-state index in [0.717, 1.165) is 5.56 Å². The Kier molecular flexibility index (Phi) is 8.22. The number of ether oxygens (including phenoxy) is 1. The fraction of sp³-hybridized carbons (Fsp3) is 0.148. The van der Waals surface area contributed by atoms with E-state index in [-0.39, 0.29) is 18.1 Å². The minimum absolute atomic E-state index is 0.114. The van der Waals surface area contributed by atoms with E-state index < -0.39 is 23.5 Å². The molecule has 5 rings (SSSR count). The molecule has 2 aromatic carbocycles. The summed E-state index contributed by atoms with van der Waals surface area (Å²) in [4.78, 5) is 43.1. The third kappa shape index (κ3) is 6.51. The van der Waals surface area contributed by atoms with Crippen molar-refractivity contribution in [2.45, 2.75) is 19.0 Å². The first-order valence-corrected chi connectivity index (χ1v) is 13.0. The van der Waals surface area contributed by atoms with Crippen molar-refractivity contribution in [3.63, 3.8) is 0 Å². The second-order valence-electron chi connectivity index (χ2n) is 8.86. The van der Waals surface area contributed by atoms with Crippen LogP contribution in [0.5, 0.6) is 0 Å². The van der Waals surface area contributed by atoms with Gasteiger partial charge in [-0.25, -0.2) is 9.67 Å². The molecular formula is C27H22Cl2N8O4. The van der Waals surface area contributed by atoms with Crippen LogP contribution in [0.15, 0.2) is 84.3 Å². The number of nitrogens with one attached hydrogen (secondary N) is 1. The molecule has 0 unspecified atom stereocenters. The Hall–Kier alpha value is -4.81. The summed E-state index contributed by atoms with van der Waals surface area (Å²) in [5.74, 6) is -0.954. The molecule has 5 aromatic rings. The van der Waals surface area contributed by atoms with Crippen LogP contribution in [-0.2, 0) is 27.3 Å². The van der Waals surface area contributed by atoms with Gasteiger partial charge in [-0.1, -0.05) is 58.7 Å². The molecule has 41 heavy (non-hydrogen) atoms. The van der Waals surface area contributed by atoms with Crippen LogP contribution < -0.4 is 10.9 Å². The molecule has 14 heteroatoms. The first-order chi connectivity index (χ1) is 19.8. The number of rotatable bonds is 9. The van der Waals surface area contributed by atoms with Gasteiger partial charge in [-0.15, -0.1) is 5.10 Å². The quantitative estimate of drug-likeness (QED) is 0.256. The molecule has 0 saturated heterocycles. The van der Waals surface area contributed by atoms with Crippen molar-refractivity contribution in [2.75, 3.05) is 12.4 Å². The summed E-state index contributed by atoms with van der Waals surface area (Å²) < 4.78 is 8.70. The first kappa shape index (κ1) is 27.7. The number of anilines is 1. The molecule has 12 nitrogen and oxygen atoms in total. The molecule has 0 aliphatic heterocycles. The number of amides is 1. The molecule has 0 saturated carbocycles. The predicted molar refractivity (Wildman–Crippen MR) is 151 cm³/mol. The van der Waals surface area contributed by atoms with E-state index in [9.17, 15) is 14.4 Å². The second-order valence-corrected chi connectivity index (χ2v) is 9.69. The molecule has 0 radical (unpaired) electrons. The Labute approximate surface area is 243 Å². The zero-order valence-corrected chi connectivity index (χ0v) is 23.0. The van der Waals surface area contributed by atoms with E-state index in [2.05, 4.69) is 30.4 Å². The van der Waals surface area contributed by atoms with Crippen LogP contribution in [0, 0.1) is 0 Å². The monoisotopic (exact) mass is 592 g/mol. The Morgan fingerprint density at radius 2 is 1.88 bits per heavy atom. The maximum absolute atomic E-state index is 13.5. The summed E-state index contributed by atoms with van der Waals surface area (Å²) in [6.07, 6.45) is 5.95. The highest BCUT2D eigenvalue weighted by Gasteiger charge is 2.24. The second kappa shape index (κ2) is 12.1. The van der Waals surface area contributed by atoms with Crippen molar-refractivity contribution < 1.29 is 14.3 Å². The van der Waals surface area contributed by atoms with Crippen molar-refractivity contribution in [3.05, 3.63) is 106 Å². The largest absolute Gasteiger partial charge is 0.468 e. The fourth-order valence-electron chi connectivity index (χ4n) is 4.16. The summed E-state index contributed by atoms with van der Waals surface area (Å²) in [5, 5.41) is 15.3. The van der Waals surface area contributed by atoms with Crippen LogP contribution in [0.25, 0.3) is 16.9 Å². The highest BCUT2D eigenvalue weighted by molar-refractivity contribution is 6.31. The van der Waals surface area contributed by atoms with E-state index in [4.69, 9.17) is 23.2 Å². The van der Waals surface area contributed by atoms with Gasteiger partial charge in [0.2, 0.25) is 5.91 Å². The fourth-order valence-corrected chi connectivity index (χ4v) is 4.46. The van der Waals surface area contributed by atoms with Crippen LogP contribution >= 0.6 is 23.2 Å². The average Bonchev–Trinajstić information content (AvgIpc) is 3.60. The number of aromatic nitrogens is 7. The number of carbonyl (C=O) groups is 2. The molecule has 3 heterocycles. The van der Waals surface area contributed by atoms with Gasteiger partial charge < -0.3 is 10.1 Å². The van der Waals surface area contributed by atoms with Crippen molar-refractivity contribution in [1.29, 1.82) is 0 Å². The lowest BCUT2D eigenvalue weighted by molar-refractivity contribution is -0.141. The topological polar surface area (TPSA) is 139 Å². The maximum Gasteiger partial charge on any atom is 0.327 e. The molecule has 1 atom stereocenters. The minimum atomic E-state index is -0.955. The van der Waals surface area contributed by atoms with Crippen molar-refractivity contribution in [3.8, 4) is 16.9 Å². The Morgan fingerprint density at radius 1 is 1.07 bits per heavy atom. The van der Waals surface area contributed by atoms with Crippen LogP contribution in [0.2, 0.25) is 10.2 Å². The van der Waals surface area contributed by atoms with Crippen LogP contribution in [0.4, 0.5) is 5.69 Å². The molecule has 208 valence electrons.